The van der Waals surface area contributed by atoms with Crippen LogP contribution in [0.1, 0.15) is 18.1 Å². The molecule has 1 rings (SSSR count). The molecule has 0 unspecified atom stereocenters. The molecule has 0 saturated heterocycles. The maximum absolute atomic E-state index is 11.0. The van der Waals surface area contributed by atoms with Crippen LogP contribution in [-0.2, 0) is 16.1 Å². The lowest BCUT2D eigenvalue weighted by atomic mass is 10.1. The zero-order valence-electron chi connectivity index (χ0n) is 8.49. The average molecular weight is 204 g/mol. The Balaban J connectivity index is 2.83. The standard InChI is InChI=1S/C12H12O3/c1-2-15-12(14)8-7-10-5-3-4-6-11(10)9-13/h3-6,13H,2,9H2,1H3. The summed E-state index contributed by atoms with van der Waals surface area (Å²) in [6, 6.07) is 7.11. The van der Waals surface area contributed by atoms with Gasteiger partial charge in [-0.05, 0) is 18.6 Å². The van der Waals surface area contributed by atoms with E-state index in [1.807, 2.05) is 0 Å². The van der Waals surface area contributed by atoms with Gasteiger partial charge in [0.05, 0.1) is 13.2 Å². The van der Waals surface area contributed by atoms with Gasteiger partial charge in [-0.1, -0.05) is 24.1 Å². The molecule has 3 heteroatoms. The van der Waals surface area contributed by atoms with Crippen LogP contribution >= 0.6 is 0 Å². The van der Waals surface area contributed by atoms with Crippen molar-refractivity contribution < 1.29 is 14.6 Å². The van der Waals surface area contributed by atoms with Crippen LogP contribution in [0.2, 0.25) is 0 Å². The minimum absolute atomic E-state index is 0.0896. The third-order valence-corrected chi connectivity index (χ3v) is 1.76. The van der Waals surface area contributed by atoms with Gasteiger partial charge in [-0.25, -0.2) is 4.79 Å². The fourth-order valence-corrected chi connectivity index (χ4v) is 1.07. The third kappa shape index (κ3) is 3.45. The first-order valence-electron chi connectivity index (χ1n) is 4.65. The van der Waals surface area contributed by atoms with E-state index in [-0.39, 0.29) is 6.61 Å². The van der Waals surface area contributed by atoms with E-state index < -0.39 is 5.97 Å². The SMILES string of the molecule is CCOC(=O)C#Cc1ccccc1CO. The summed E-state index contributed by atoms with van der Waals surface area (Å²) in [7, 11) is 0. The topological polar surface area (TPSA) is 46.5 Å². The Hall–Kier alpha value is -1.79. The summed E-state index contributed by atoms with van der Waals surface area (Å²) in [5.74, 6) is 4.47. The molecule has 0 aromatic heterocycles. The van der Waals surface area contributed by atoms with E-state index in [4.69, 9.17) is 5.11 Å². The van der Waals surface area contributed by atoms with Gasteiger partial charge in [-0.3, -0.25) is 0 Å². The van der Waals surface area contributed by atoms with Gasteiger partial charge in [0.15, 0.2) is 0 Å². The molecule has 0 radical (unpaired) electrons. The number of carbonyl (C=O) groups is 1. The van der Waals surface area contributed by atoms with Crippen LogP contribution in [0.3, 0.4) is 0 Å². The molecule has 0 bridgehead atoms. The smallest absolute Gasteiger partial charge is 0.384 e. The van der Waals surface area contributed by atoms with E-state index in [9.17, 15) is 4.79 Å². The van der Waals surface area contributed by atoms with Gasteiger partial charge in [-0.15, -0.1) is 0 Å². The highest BCUT2D eigenvalue weighted by molar-refractivity contribution is 5.89. The summed E-state index contributed by atoms with van der Waals surface area (Å²) in [6.07, 6.45) is 0. The third-order valence-electron chi connectivity index (χ3n) is 1.76. The number of rotatable bonds is 2. The second-order valence-electron chi connectivity index (χ2n) is 2.79. The van der Waals surface area contributed by atoms with E-state index in [0.29, 0.717) is 17.7 Å². The minimum Gasteiger partial charge on any atom is -0.456 e. The number of aliphatic hydroxyl groups is 1. The van der Waals surface area contributed by atoms with Gasteiger partial charge in [0.1, 0.15) is 0 Å². The predicted octanol–water partition coefficient (Wildman–Crippen LogP) is 1.09. The Morgan fingerprint density at radius 2 is 2.20 bits per heavy atom. The highest BCUT2D eigenvalue weighted by Crippen LogP contribution is 2.06. The monoisotopic (exact) mass is 204 g/mol. The van der Waals surface area contributed by atoms with Crippen LogP contribution in [0.25, 0.3) is 0 Å². The molecule has 78 valence electrons. The van der Waals surface area contributed by atoms with Crippen LogP contribution < -0.4 is 0 Å². The van der Waals surface area contributed by atoms with Crippen molar-refractivity contribution in [2.24, 2.45) is 0 Å². The first kappa shape index (κ1) is 11.3. The zero-order chi connectivity index (χ0) is 11.1. The second-order valence-corrected chi connectivity index (χ2v) is 2.79. The molecule has 15 heavy (non-hydrogen) atoms. The minimum atomic E-state index is -0.551. The molecule has 0 atom stereocenters. The van der Waals surface area contributed by atoms with E-state index in [2.05, 4.69) is 16.6 Å². The van der Waals surface area contributed by atoms with Gasteiger partial charge < -0.3 is 9.84 Å². The lowest BCUT2D eigenvalue weighted by Crippen LogP contribution is -2.00. The van der Waals surface area contributed by atoms with Crippen LogP contribution in [0.5, 0.6) is 0 Å². The second kappa shape index (κ2) is 5.84. The van der Waals surface area contributed by atoms with Crippen LogP contribution in [0, 0.1) is 11.8 Å². The molecule has 0 spiro atoms. The lowest BCUT2D eigenvalue weighted by molar-refractivity contribution is -0.136. The van der Waals surface area contributed by atoms with E-state index in [1.165, 1.54) is 0 Å². The van der Waals surface area contributed by atoms with Crippen molar-refractivity contribution >= 4 is 5.97 Å². The number of ether oxygens (including phenoxy) is 1. The van der Waals surface area contributed by atoms with Crippen molar-refractivity contribution in [3.05, 3.63) is 35.4 Å². The zero-order valence-corrected chi connectivity index (χ0v) is 8.49. The molecular weight excluding hydrogens is 192 g/mol. The van der Waals surface area contributed by atoms with Crippen molar-refractivity contribution in [1.29, 1.82) is 0 Å². The maximum Gasteiger partial charge on any atom is 0.384 e. The highest BCUT2D eigenvalue weighted by Gasteiger charge is 1.97. The van der Waals surface area contributed by atoms with E-state index in [0.717, 1.165) is 0 Å². The number of aliphatic hydroxyl groups excluding tert-OH is 1. The molecule has 0 amide bonds. The number of hydrogen-bond donors (Lipinski definition) is 1. The van der Waals surface area contributed by atoms with Crippen molar-refractivity contribution in [1.82, 2.24) is 0 Å². The van der Waals surface area contributed by atoms with Gasteiger partial charge in [-0.2, -0.15) is 0 Å². The number of hydrogen-bond acceptors (Lipinski definition) is 3. The Bertz CT molecular complexity index is 399. The quantitative estimate of drug-likeness (QED) is 0.579. The number of benzene rings is 1. The van der Waals surface area contributed by atoms with Gasteiger partial charge in [0.2, 0.25) is 0 Å². The van der Waals surface area contributed by atoms with Crippen LogP contribution in [0.15, 0.2) is 24.3 Å². The highest BCUT2D eigenvalue weighted by atomic mass is 16.5. The van der Waals surface area contributed by atoms with Crippen molar-refractivity contribution in [2.75, 3.05) is 6.61 Å². The molecule has 0 fully saturated rings. The lowest BCUT2D eigenvalue weighted by Gasteiger charge is -1.98. The van der Waals surface area contributed by atoms with Crippen molar-refractivity contribution in [3.8, 4) is 11.8 Å². The summed E-state index contributed by atoms with van der Waals surface area (Å²) in [5.41, 5.74) is 1.35. The molecule has 3 nitrogen and oxygen atoms in total. The molecule has 0 saturated carbocycles. The Morgan fingerprint density at radius 1 is 1.47 bits per heavy atom. The molecule has 1 N–H and O–H groups in total. The largest absolute Gasteiger partial charge is 0.456 e. The van der Waals surface area contributed by atoms with Crippen molar-refractivity contribution in [3.63, 3.8) is 0 Å². The molecule has 0 aliphatic heterocycles. The van der Waals surface area contributed by atoms with Gasteiger partial charge >= 0.3 is 5.97 Å². The normalized spacial score (nSPS) is 8.93. The number of carbonyl (C=O) groups excluding carboxylic acids is 1. The molecule has 0 heterocycles. The summed E-state index contributed by atoms with van der Waals surface area (Å²) in [4.78, 5) is 11.0. The van der Waals surface area contributed by atoms with E-state index >= 15 is 0 Å². The first-order chi connectivity index (χ1) is 7.27. The van der Waals surface area contributed by atoms with Crippen LogP contribution in [0.4, 0.5) is 0 Å². The average Bonchev–Trinajstić information content (AvgIpc) is 2.27. The van der Waals surface area contributed by atoms with Crippen molar-refractivity contribution in [2.45, 2.75) is 13.5 Å². The van der Waals surface area contributed by atoms with E-state index in [1.54, 1.807) is 31.2 Å². The summed E-state index contributed by atoms with van der Waals surface area (Å²) in [5, 5.41) is 9.00. The fraction of sp³-hybridized carbons (Fsp3) is 0.250. The van der Waals surface area contributed by atoms with Gasteiger partial charge in [0.25, 0.3) is 0 Å². The maximum atomic E-state index is 11.0. The molecule has 1 aromatic rings. The Kier molecular flexibility index (Phi) is 4.39. The fourth-order valence-electron chi connectivity index (χ4n) is 1.07. The molecule has 0 aliphatic rings. The molecule has 0 aliphatic carbocycles. The predicted molar refractivity (Wildman–Crippen MR) is 55.9 cm³/mol. The number of esters is 1. The first-order valence-corrected chi connectivity index (χ1v) is 4.65. The summed E-state index contributed by atoms with van der Waals surface area (Å²) >= 11 is 0. The summed E-state index contributed by atoms with van der Waals surface area (Å²) in [6.45, 7) is 1.95. The Morgan fingerprint density at radius 3 is 2.87 bits per heavy atom. The van der Waals surface area contributed by atoms with Crippen LogP contribution in [-0.4, -0.2) is 17.7 Å². The summed E-state index contributed by atoms with van der Waals surface area (Å²) < 4.78 is 4.66. The Labute approximate surface area is 88.7 Å². The molecule has 1 aromatic carbocycles. The van der Waals surface area contributed by atoms with Gasteiger partial charge in [0, 0.05) is 11.5 Å². The molecular formula is C12H12O3.